The molecule has 0 aliphatic heterocycles. The minimum atomic E-state index is -0.711. The monoisotopic (exact) mass is 365 g/mol. The second-order valence-corrected chi connectivity index (χ2v) is 7.82. The molecule has 0 amide bonds. The molecule has 25 heavy (non-hydrogen) atoms. The molecule has 0 aliphatic carbocycles. The van der Waals surface area contributed by atoms with Gasteiger partial charge in [0.2, 0.25) is 0 Å². The van der Waals surface area contributed by atoms with E-state index in [2.05, 4.69) is 6.92 Å². The van der Waals surface area contributed by atoms with Crippen molar-refractivity contribution in [1.82, 2.24) is 4.90 Å². The third-order valence-corrected chi connectivity index (χ3v) is 5.46. The third kappa shape index (κ3) is 14.2. The Morgan fingerprint density at radius 1 is 0.800 bits per heavy atom. The van der Waals surface area contributed by atoms with Crippen LogP contribution in [0.2, 0.25) is 0 Å². The van der Waals surface area contributed by atoms with Gasteiger partial charge in [-0.3, -0.25) is 9.69 Å². The van der Waals surface area contributed by atoms with E-state index < -0.39 is 11.5 Å². The molecule has 0 saturated heterocycles. The van der Waals surface area contributed by atoms with Gasteiger partial charge in [-0.2, -0.15) is 0 Å². The molecule has 1 N–H and O–H groups in total. The Bertz CT molecular complexity index is 316. The smallest absolute Gasteiger partial charge is 1.00 e. The van der Waals surface area contributed by atoms with Crippen LogP contribution in [0, 0.1) is 0 Å². The minimum absolute atomic E-state index is 0. The van der Waals surface area contributed by atoms with Gasteiger partial charge in [-0.15, -0.1) is 0 Å². The van der Waals surface area contributed by atoms with Gasteiger partial charge in [-0.1, -0.05) is 96.8 Å². The Balaban J connectivity index is -0.00000264. The summed E-state index contributed by atoms with van der Waals surface area (Å²) in [6.45, 7) is 4.10. The summed E-state index contributed by atoms with van der Waals surface area (Å²) < 4.78 is 0. The Kier molecular flexibility index (Phi) is 19.7. The van der Waals surface area contributed by atoms with Crippen LogP contribution >= 0.6 is 0 Å². The fourth-order valence-electron chi connectivity index (χ4n) is 3.19. The number of carboxylic acid groups (broad SMARTS) is 1. The largest absolute Gasteiger partial charge is 1.00 e. The summed E-state index contributed by atoms with van der Waals surface area (Å²) in [5, 5.41) is 9.37. The first-order chi connectivity index (χ1) is 11.4. The van der Waals surface area contributed by atoms with Crippen LogP contribution in [0.25, 0.3) is 0 Å². The summed E-state index contributed by atoms with van der Waals surface area (Å²) in [4.78, 5) is 13.2. The number of rotatable bonds is 17. The molecule has 0 rings (SSSR count). The molecule has 0 saturated carbocycles. The van der Waals surface area contributed by atoms with Crippen molar-refractivity contribution in [2.24, 2.45) is 0 Å². The second-order valence-electron chi connectivity index (χ2n) is 7.82. The number of hydrogen-bond acceptors (Lipinski definition) is 2. The van der Waals surface area contributed by atoms with E-state index in [1.54, 1.807) is 0 Å². The zero-order valence-corrected chi connectivity index (χ0v) is 19.9. The summed E-state index contributed by atoms with van der Waals surface area (Å²) in [6, 6.07) is 0. The Morgan fingerprint density at radius 2 is 1.12 bits per heavy atom. The summed E-state index contributed by atoms with van der Waals surface area (Å²) in [7, 11) is 3.72. The SMILES string of the molecule is CCCCCCCCCCCCCCCCC(C)(C(=O)O)N(C)C.[H-].[Na+]. The second kappa shape index (κ2) is 17.8. The molecule has 4 heteroatoms. The van der Waals surface area contributed by atoms with Gasteiger partial charge in [-0.25, -0.2) is 0 Å². The van der Waals surface area contributed by atoms with Crippen molar-refractivity contribution in [3.05, 3.63) is 0 Å². The number of likely N-dealkylation sites (N-methyl/N-ethyl adjacent to an activating group) is 1. The number of nitrogens with zero attached hydrogens (tertiary/aromatic N) is 1. The molecule has 1 unspecified atom stereocenters. The van der Waals surface area contributed by atoms with Gasteiger partial charge in [-0.05, 0) is 27.4 Å². The average Bonchev–Trinajstić information content (AvgIpc) is 2.54. The van der Waals surface area contributed by atoms with Crippen LogP contribution in [0.5, 0.6) is 0 Å². The molecule has 0 heterocycles. The third-order valence-electron chi connectivity index (χ3n) is 5.46. The quantitative estimate of drug-likeness (QED) is 0.317. The van der Waals surface area contributed by atoms with Crippen LogP contribution in [0.1, 0.15) is 112 Å². The van der Waals surface area contributed by atoms with Crippen molar-refractivity contribution < 1.29 is 40.9 Å². The van der Waals surface area contributed by atoms with E-state index in [4.69, 9.17) is 0 Å². The number of carboxylic acids is 1. The molecule has 146 valence electrons. The van der Waals surface area contributed by atoms with Gasteiger partial charge >= 0.3 is 35.5 Å². The molecular formula is C21H44NNaO2. The van der Waals surface area contributed by atoms with Gasteiger partial charge in [0.25, 0.3) is 0 Å². The molecule has 0 bridgehead atoms. The first-order valence-electron chi connectivity index (χ1n) is 10.4. The summed E-state index contributed by atoms with van der Waals surface area (Å²) >= 11 is 0. The number of aliphatic carboxylic acids is 1. The Hall–Kier alpha value is 0.430. The zero-order chi connectivity index (χ0) is 18.3. The molecular weight excluding hydrogens is 321 g/mol. The van der Waals surface area contributed by atoms with Crippen molar-refractivity contribution in [3.8, 4) is 0 Å². The number of hydrogen-bond donors (Lipinski definition) is 1. The van der Waals surface area contributed by atoms with Gasteiger partial charge < -0.3 is 6.53 Å². The van der Waals surface area contributed by atoms with Gasteiger partial charge in [0, 0.05) is 0 Å². The number of carbonyl (C=O) groups is 1. The van der Waals surface area contributed by atoms with Crippen molar-refractivity contribution in [3.63, 3.8) is 0 Å². The maximum Gasteiger partial charge on any atom is 1.00 e. The van der Waals surface area contributed by atoms with Crippen molar-refractivity contribution in [1.29, 1.82) is 0 Å². The van der Waals surface area contributed by atoms with Crippen molar-refractivity contribution in [2.45, 2.75) is 116 Å². The van der Waals surface area contributed by atoms with E-state index in [1.165, 1.54) is 77.0 Å². The summed E-state index contributed by atoms with van der Waals surface area (Å²) in [6.07, 6.45) is 19.4. The fourth-order valence-corrected chi connectivity index (χ4v) is 3.19. The molecule has 0 radical (unpaired) electrons. The first-order valence-corrected chi connectivity index (χ1v) is 10.4. The molecule has 1 atom stereocenters. The van der Waals surface area contributed by atoms with Crippen LogP contribution in [0.4, 0.5) is 0 Å². The fraction of sp³-hybridized carbons (Fsp3) is 0.952. The van der Waals surface area contributed by atoms with E-state index in [1.807, 2.05) is 25.9 Å². The van der Waals surface area contributed by atoms with E-state index in [-0.39, 0.29) is 31.0 Å². The molecule has 0 aromatic rings. The van der Waals surface area contributed by atoms with E-state index in [0.29, 0.717) is 0 Å². The van der Waals surface area contributed by atoms with Crippen LogP contribution in [-0.2, 0) is 4.79 Å². The Morgan fingerprint density at radius 3 is 1.40 bits per heavy atom. The van der Waals surface area contributed by atoms with E-state index >= 15 is 0 Å². The van der Waals surface area contributed by atoms with Crippen LogP contribution in [0.15, 0.2) is 0 Å². The molecule has 0 aliphatic rings. The van der Waals surface area contributed by atoms with Crippen LogP contribution in [0.3, 0.4) is 0 Å². The topological polar surface area (TPSA) is 40.5 Å². The molecule has 0 fully saturated rings. The van der Waals surface area contributed by atoms with Crippen molar-refractivity contribution >= 4 is 5.97 Å². The zero-order valence-electron chi connectivity index (χ0n) is 18.9. The minimum Gasteiger partial charge on any atom is -1.00 e. The molecule has 0 aromatic heterocycles. The van der Waals surface area contributed by atoms with Gasteiger partial charge in [0.1, 0.15) is 5.54 Å². The predicted molar refractivity (Wildman–Crippen MR) is 106 cm³/mol. The van der Waals surface area contributed by atoms with Crippen LogP contribution < -0.4 is 29.6 Å². The first kappa shape index (κ1) is 27.6. The van der Waals surface area contributed by atoms with Crippen LogP contribution in [-0.4, -0.2) is 35.6 Å². The van der Waals surface area contributed by atoms with E-state index in [0.717, 1.165) is 19.3 Å². The summed E-state index contributed by atoms with van der Waals surface area (Å²) in [5.41, 5.74) is -0.711. The summed E-state index contributed by atoms with van der Waals surface area (Å²) in [5.74, 6) is -0.706. The molecule has 0 aromatic carbocycles. The van der Waals surface area contributed by atoms with Gasteiger partial charge in [0.15, 0.2) is 0 Å². The maximum absolute atomic E-state index is 11.4. The van der Waals surface area contributed by atoms with Gasteiger partial charge in [0.05, 0.1) is 0 Å². The maximum atomic E-state index is 11.4. The predicted octanol–water partition coefficient (Wildman–Crippen LogP) is 3.38. The molecule has 3 nitrogen and oxygen atoms in total. The van der Waals surface area contributed by atoms with Crippen molar-refractivity contribution in [2.75, 3.05) is 14.1 Å². The molecule has 0 spiro atoms. The average molecular weight is 366 g/mol. The van der Waals surface area contributed by atoms with E-state index in [9.17, 15) is 9.90 Å². The Labute approximate surface area is 181 Å². The number of unbranched alkanes of at least 4 members (excludes halogenated alkanes) is 13. The normalized spacial score (nSPS) is 13.5. The standard InChI is InChI=1S/C21H43NO2.Na.H/c1-5-6-7-8-9-10-11-12-13-14-15-16-17-18-19-21(2,20(23)24)22(3)4;;/h5-19H2,1-4H3,(H,23,24);;/q;+1;-1.